The number of hydrogen-bond donors (Lipinski definition) is 0. The molecule has 9 heteroatoms. The van der Waals surface area contributed by atoms with Gasteiger partial charge in [0.15, 0.2) is 0 Å². The number of carbonyl (C=O) groups excluding carboxylic acids is 1. The first-order valence-electron chi connectivity index (χ1n) is 7.69. The molecule has 0 bridgehead atoms. The lowest BCUT2D eigenvalue weighted by molar-refractivity contribution is 0.0948. The van der Waals surface area contributed by atoms with E-state index in [1.54, 1.807) is 30.4 Å². The SMILES string of the molecule is COP(=O)(C/C=C/Cn1ccc(=O)n(C(=O)c2ccccc2)c1=O)OC. The van der Waals surface area contributed by atoms with Crippen molar-refractivity contribution in [1.29, 1.82) is 0 Å². The summed E-state index contributed by atoms with van der Waals surface area (Å²) < 4.78 is 23.3. The molecule has 0 radical (unpaired) electrons. The molecule has 0 aliphatic heterocycles. The second-order valence-corrected chi connectivity index (χ2v) is 7.54. The fourth-order valence-electron chi connectivity index (χ4n) is 2.17. The number of aromatic nitrogens is 2. The van der Waals surface area contributed by atoms with E-state index in [4.69, 9.17) is 9.05 Å². The highest BCUT2D eigenvalue weighted by molar-refractivity contribution is 7.54. The smallest absolute Gasteiger partial charge is 0.312 e. The Labute approximate surface area is 149 Å². The van der Waals surface area contributed by atoms with Gasteiger partial charge in [0.05, 0.1) is 6.16 Å². The molecule has 8 nitrogen and oxygen atoms in total. The predicted molar refractivity (Wildman–Crippen MR) is 96.8 cm³/mol. The van der Waals surface area contributed by atoms with E-state index in [9.17, 15) is 18.9 Å². The van der Waals surface area contributed by atoms with Gasteiger partial charge in [0.25, 0.3) is 11.5 Å². The molecule has 0 aliphatic rings. The van der Waals surface area contributed by atoms with E-state index in [2.05, 4.69) is 0 Å². The van der Waals surface area contributed by atoms with E-state index in [0.29, 0.717) is 4.57 Å². The monoisotopic (exact) mass is 378 g/mol. The molecular formula is C17H19N2O6P. The summed E-state index contributed by atoms with van der Waals surface area (Å²) in [5, 5.41) is 0. The minimum Gasteiger partial charge on any atom is -0.312 e. The highest BCUT2D eigenvalue weighted by atomic mass is 31.2. The Balaban J connectivity index is 2.25. The number of allylic oxidation sites excluding steroid dienone is 2. The maximum atomic E-state index is 12.5. The van der Waals surface area contributed by atoms with Crippen LogP contribution in [-0.2, 0) is 20.2 Å². The van der Waals surface area contributed by atoms with Crippen LogP contribution in [-0.4, -0.2) is 35.4 Å². The van der Waals surface area contributed by atoms with E-state index in [0.717, 1.165) is 6.07 Å². The average Bonchev–Trinajstić information content (AvgIpc) is 2.67. The van der Waals surface area contributed by atoms with E-state index in [-0.39, 0.29) is 18.3 Å². The molecule has 0 amide bonds. The summed E-state index contributed by atoms with van der Waals surface area (Å²) in [6.45, 7) is 0.0919. The van der Waals surface area contributed by atoms with Gasteiger partial charge in [0.2, 0.25) is 0 Å². The topological polar surface area (TPSA) is 96.6 Å². The van der Waals surface area contributed by atoms with E-state index >= 15 is 0 Å². The molecule has 26 heavy (non-hydrogen) atoms. The summed E-state index contributed by atoms with van der Waals surface area (Å²) in [5.41, 5.74) is -1.22. The molecule has 0 atom stereocenters. The highest BCUT2D eigenvalue weighted by Crippen LogP contribution is 2.46. The van der Waals surface area contributed by atoms with Crippen LogP contribution in [0.15, 0.2) is 64.3 Å². The molecule has 0 aliphatic carbocycles. The average molecular weight is 378 g/mol. The van der Waals surface area contributed by atoms with Crippen molar-refractivity contribution in [2.45, 2.75) is 6.54 Å². The summed E-state index contributed by atoms with van der Waals surface area (Å²) >= 11 is 0. The lowest BCUT2D eigenvalue weighted by Gasteiger charge is -2.10. The van der Waals surface area contributed by atoms with Crippen LogP contribution in [0.4, 0.5) is 0 Å². The molecular weight excluding hydrogens is 359 g/mol. The first kappa shape index (κ1) is 19.8. The first-order valence-corrected chi connectivity index (χ1v) is 9.42. The largest absolute Gasteiger partial charge is 0.338 e. The Morgan fingerprint density at radius 1 is 1.08 bits per heavy atom. The maximum Gasteiger partial charge on any atom is 0.338 e. The normalized spacial score (nSPS) is 11.8. The van der Waals surface area contributed by atoms with Crippen LogP contribution >= 0.6 is 7.60 Å². The van der Waals surface area contributed by atoms with Gasteiger partial charge < -0.3 is 9.05 Å². The molecule has 0 unspecified atom stereocenters. The molecule has 2 rings (SSSR count). The van der Waals surface area contributed by atoms with Crippen LogP contribution in [0.3, 0.4) is 0 Å². The Bertz CT molecular complexity index is 953. The van der Waals surface area contributed by atoms with Crippen molar-refractivity contribution in [2.75, 3.05) is 20.4 Å². The van der Waals surface area contributed by atoms with Crippen molar-refractivity contribution in [3.8, 4) is 0 Å². The Morgan fingerprint density at radius 2 is 1.73 bits per heavy atom. The molecule has 1 aromatic carbocycles. The molecule has 1 aromatic heterocycles. The van der Waals surface area contributed by atoms with Crippen molar-refractivity contribution in [3.05, 3.63) is 81.1 Å². The minimum absolute atomic E-state index is 0.0390. The molecule has 138 valence electrons. The van der Waals surface area contributed by atoms with Gasteiger partial charge in [-0.1, -0.05) is 30.4 Å². The van der Waals surface area contributed by atoms with Gasteiger partial charge in [0.1, 0.15) is 0 Å². The third-order valence-corrected chi connectivity index (χ3v) is 5.40. The highest BCUT2D eigenvalue weighted by Gasteiger charge is 2.18. The molecule has 0 fully saturated rings. The van der Waals surface area contributed by atoms with Gasteiger partial charge in [-0.15, -0.1) is 0 Å². The number of rotatable bonds is 7. The van der Waals surface area contributed by atoms with Gasteiger partial charge in [-0.25, -0.2) is 4.79 Å². The van der Waals surface area contributed by atoms with Gasteiger partial charge in [-0.3, -0.25) is 18.7 Å². The van der Waals surface area contributed by atoms with Crippen molar-refractivity contribution in [1.82, 2.24) is 9.13 Å². The quantitative estimate of drug-likeness (QED) is 0.538. The minimum atomic E-state index is -3.17. The van der Waals surface area contributed by atoms with Crippen molar-refractivity contribution in [2.24, 2.45) is 0 Å². The zero-order chi connectivity index (χ0) is 19.2. The molecule has 0 saturated heterocycles. The van der Waals surface area contributed by atoms with Crippen LogP contribution in [0.1, 0.15) is 10.4 Å². The lowest BCUT2D eigenvalue weighted by Crippen LogP contribution is -2.43. The summed E-state index contributed by atoms with van der Waals surface area (Å²) in [7, 11) is -0.600. The molecule has 2 aromatic rings. The second-order valence-electron chi connectivity index (χ2n) is 5.23. The standard InChI is InChI=1S/C17H19N2O6P/c1-24-26(23,25-2)13-7-6-11-18-12-10-15(20)19(17(18)22)16(21)14-8-4-3-5-9-14/h3-10,12H,11,13H2,1-2H3/b7-6+. The summed E-state index contributed by atoms with van der Waals surface area (Å²) in [5.74, 6) is -0.692. The van der Waals surface area contributed by atoms with E-state index in [1.165, 1.54) is 37.1 Å². The third-order valence-electron chi connectivity index (χ3n) is 3.63. The fraction of sp³-hybridized carbons (Fsp3) is 0.235. The zero-order valence-electron chi connectivity index (χ0n) is 14.4. The van der Waals surface area contributed by atoms with Crippen LogP contribution in [0.5, 0.6) is 0 Å². The van der Waals surface area contributed by atoms with Gasteiger partial charge in [0, 0.05) is 38.6 Å². The van der Waals surface area contributed by atoms with Crippen LogP contribution < -0.4 is 11.2 Å². The zero-order valence-corrected chi connectivity index (χ0v) is 15.3. The van der Waals surface area contributed by atoms with Gasteiger partial charge in [-0.2, -0.15) is 4.57 Å². The van der Waals surface area contributed by atoms with E-state index < -0.39 is 24.8 Å². The molecule has 0 N–H and O–H groups in total. The number of benzene rings is 1. The lowest BCUT2D eigenvalue weighted by atomic mass is 10.2. The Morgan fingerprint density at radius 3 is 2.35 bits per heavy atom. The number of hydrogen-bond acceptors (Lipinski definition) is 6. The maximum absolute atomic E-state index is 12.5. The van der Waals surface area contributed by atoms with Crippen LogP contribution in [0.2, 0.25) is 0 Å². The fourth-order valence-corrected chi connectivity index (χ4v) is 3.02. The molecule has 1 heterocycles. The van der Waals surface area contributed by atoms with Crippen molar-refractivity contribution >= 4 is 13.5 Å². The van der Waals surface area contributed by atoms with Crippen molar-refractivity contribution < 1.29 is 18.4 Å². The van der Waals surface area contributed by atoms with Gasteiger partial charge >= 0.3 is 13.3 Å². The summed E-state index contributed by atoms with van der Waals surface area (Å²) in [6.07, 6.45) is 4.47. The Hall–Kier alpha value is -2.54. The number of nitrogens with zero attached hydrogens (tertiary/aromatic N) is 2. The first-order chi connectivity index (χ1) is 12.4. The molecule has 0 spiro atoms. The summed E-state index contributed by atoms with van der Waals surface area (Å²) in [6, 6.07) is 9.22. The van der Waals surface area contributed by atoms with Gasteiger partial charge in [-0.05, 0) is 12.1 Å². The van der Waals surface area contributed by atoms with Crippen LogP contribution in [0.25, 0.3) is 0 Å². The third kappa shape index (κ3) is 4.54. The summed E-state index contributed by atoms with van der Waals surface area (Å²) in [4.78, 5) is 36.9. The van der Waals surface area contributed by atoms with Crippen molar-refractivity contribution in [3.63, 3.8) is 0 Å². The Kier molecular flexibility index (Phi) is 6.63. The van der Waals surface area contributed by atoms with E-state index in [1.807, 2.05) is 0 Å². The number of carbonyl (C=O) groups is 1. The predicted octanol–water partition coefficient (Wildman–Crippen LogP) is 1.74. The second kappa shape index (κ2) is 8.71. The molecule has 0 saturated carbocycles. The van der Waals surface area contributed by atoms with Crippen LogP contribution in [0, 0.1) is 0 Å².